The van der Waals surface area contributed by atoms with Gasteiger partial charge in [0.05, 0.1) is 0 Å². The summed E-state index contributed by atoms with van der Waals surface area (Å²) in [6, 6.07) is -3.31. The highest BCUT2D eigenvalue weighted by atomic mass is 16.2. The van der Waals surface area contributed by atoms with Gasteiger partial charge in [-0.25, -0.2) is 0 Å². The molecule has 0 aromatic heterocycles. The summed E-state index contributed by atoms with van der Waals surface area (Å²) < 4.78 is 0. The van der Waals surface area contributed by atoms with Crippen molar-refractivity contribution in [3.63, 3.8) is 0 Å². The highest BCUT2D eigenvalue weighted by Gasteiger charge is 2.25. The van der Waals surface area contributed by atoms with Gasteiger partial charge < -0.3 is 83.0 Å². The van der Waals surface area contributed by atoms with E-state index in [0.29, 0.717) is 57.8 Å². The molecule has 0 bridgehead atoms. The first kappa shape index (κ1) is 54.6. The number of nitrogens with two attached hydrogens (primary N) is 9. The van der Waals surface area contributed by atoms with Crippen LogP contribution < -0.4 is 78.2 Å². The van der Waals surface area contributed by atoms with Crippen molar-refractivity contribution in [1.82, 2.24) is 26.6 Å². The summed E-state index contributed by atoms with van der Waals surface area (Å²) in [5.74, 6) is -3.34. The molecular formula is C36H70N18O7. The van der Waals surface area contributed by atoms with E-state index in [2.05, 4.69) is 46.6 Å². The largest absolute Gasteiger partial charge is 0.370 e. The van der Waals surface area contributed by atoms with Gasteiger partial charge in [-0.2, -0.15) is 0 Å². The van der Waals surface area contributed by atoms with E-state index in [1.54, 1.807) is 0 Å². The first-order valence-electron chi connectivity index (χ1n) is 20.2. The second-order valence-electron chi connectivity index (χ2n) is 14.5. The number of nitrogens with one attached hydrogen (secondary N) is 5. The predicted molar refractivity (Wildman–Crippen MR) is 233 cm³/mol. The van der Waals surface area contributed by atoms with Crippen LogP contribution in [0.25, 0.3) is 0 Å². The Labute approximate surface area is 356 Å². The quantitative estimate of drug-likeness (QED) is 0.0125. The van der Waals surface area contributed by atoms with Crippen molar-refractivity contribution in [3.8, 4) is 0 Å². The summed E-state index contributed by atoms with van der Waals surface area (Å²) in [4.78, 5) is 104. The van der Waals surface area contributed by atoms with E-state index in [4.69, 9.17) is 51.6 Å². The Morgan fingerprint density at radius 2 is 0.721 bits per heavy atom. The smallest absolute Gasteiger partial charge is 0.222 e. The number of primary amides is 1. The SMILES string of the molecule is CC(=O)NC(CCCN=C(N)N)CC(=O)NC(CCC(N)=O)CC(=O)NC(CCCN=C(N)N)CC(=O)NC(CCCN=C(N)N)CC(=O)NC(CC=O)CCCN=C(N)N. The highest BCUT2D eigenvalue weighted by molar-refractivity contribution is 5.83. The zero-order valence-corrected chi connectivity index (χ0v) is 35.2. The average molecular weight is 867 g/mol. The van der Waals surface area contributed by atoms with Crippen molar-refractivity contribution < 1.29 is 33.6 Å². The lowest BCUT2D eigenvalue weighted by molar-refractivity contribution is -0.126. The van der Waals surface area contributed by atoms with Crippen LogP contribution in [0.1, 0.15) is 103 Å². The molecule has 0 fully saturated rings. The average Bonchev–Trinajstić information content (AvgIpc) is 3.13. The van der Waals surface area contributed by atoms with Gasteiger partial charge in [0.25, 0.3) is 0 Å². The van der Waals surface area contributed by atoms with Crippen molar-refractivity contribution in [2.45, 2.75) is 133 Å². The predicted octanol–water partition coefficient (Wildman–Crippen LogP) is -4.94. The summed E-state index contributed by atoms with van der Waals surface area (Å²) in [6.45, 7) is 2.35. The van der Waals surface area contributed by atoms with E-state index in [9.17, 15) is 33.6 Å². The third-order valence-corrected chi connectivity index (χ3v) is 8.74. The Kier molecular flexibility index (Phi) is 29.0. The van der Waals surface area contributed by atoms with E-state index in [0.717, 1.165) is 0 Å². The molecule has 0 heterocycles. The van der Waals surface area contributed by atoms with Gasteiger partial charge in [0.2, 0.25) is 35.4 Å². The van der Waals surface area contributed by atoms with Crippen LogP contribution >= 0.6 is 0 Å². The number of guanidine groups is 4. The maximum atomic E-state index is 13.5. The number of carbonyl (C=O) groups excluding carboxylic acids is 7. The maximum Gasteiger partial charge on any atom is 0.222 e. The molecule has 0 aromatic rings. The Bertz CT molecular complexity index is 1510. The summed E-state index contributed by atoms with van der Waals surface area (Å²) in [6.07, 6.45) is 3.02. The van der Waals surface area contributed by atoms with Crippen LogP contribution in [0, 0.1) is 0 Å². The molecule has 5 atom stereocenters. The van der Waals surface area contributed by atoms with Crippen LogP contribution in [0.4, 0.5) is 0 Å². The van der Waals surface area contributed by atoms with Crippen LogP contribution in [0.2, 0.25) is 0 Å². The molecule has 346 valence electrons. The number of nitrogens with zero attached hydrogens (tertiary/aromatic N) is 4. The van der Waals surface area contributed by atoms with Crippen LogP contribution in [0.3, 0.4) is 0 Å². The lowest BCUT2D eigenvalue weighted by Gasteiger charge is -2.24. The van der Waals surface area contributed by atoms with E-state index in [1.807, 2.05) is 0 Å². The molecule has 25 nitrogen and oxygen atoms in total. The van der Waals surface area contributed by atoms with Crippen LogP contribution in [0.15, 0.2) is 20.0 Å². The van der Waals surface area contributed by atoms with Crippen LogP contribution in [0.5, 0.6) is 0 Å². The van der Waals surface area contributed by atoms with Gasteiger partial charge in [0.1, 0.15) is 6.29 Å². The molecule has 23 N–H and O–H groups in total. The zero-order valence-electron chi connectivity index (χ0n) is 35.2. The monoisotopic (exact) mass is 867 g/mol. The summed E-state index contributed by atoms with van der Waals surface area (Å²) in [5.41, 5.74) is 48.7. The van der Waals surface area contributed by atoms with Crippen molar-refractivity contribution in [2.75, 3.05) is 26.2 Å². The molecule has 0 aliphatic rings. The van der Waals surface area contributed by atoms with Gasteiger partial charge in [-0.3, -0.25) is 48.7 Å². The Balaban J connectivity index is 5.99. The first-order chi connectivity index (χ1) is 28.8. The minimum Gasteiger partial charge on any atom is -0.370 e. The molecule has 0 radical (unpaired) electrons. The second-order valence-corrected chi connectivity index (χ2v) is 14.5. The number of aliphatic imine (C=N–C) groups is 4. The van der Waals surface area contributed by atoms with E-state index in [1.165, 1.54) is 6.92 Å². The Morgan fingerprint density at radius 1 is 0.443 bits per heavy atom. The fourth-order valence-corrected chi connectivity index (χ4v) is 6.10. The maximum absolute atomic E-state index is 13.5. The van der Waals surface area contributed by atoms with E-state index in [-0.39, 0.29) is 101 Å². The summed E-state index contributed by atoms with van der Waals surface area (Å²) in [5, 5.41) is 14.0. The van der Waals surface area contributed by atoms with Crippen LogP contribution in [-0.2, 0) is 33.6 Å². The molecule has 0 rings (SSSR count). The number of rotatable bonds is 34. The standard InChI is InChI=1S/C36H70N18O7/c1-22(56)50-24(7-3-14-47-34(40)41)18-30(59)54-27(10-11-28(37)57)21-32(61)53-26(9-5-16-49-36(44)45)20-31(60)52-25(8-4-15-48-35(42)43)19-29(58)51-23(12-17-55)6-2-13-46-33(38)39/h17,23-27H,2-16,18-21H2,1H3,(H2,37,57)(H,50,56)(H,51,58)(H,52,60)(H,53,61)(H,54,59)(H4,38,39,46)(H4,40,41,47)(H4,42,43,48)(H4,44,45,49). The molecule has 6 amide bonds. The van der Waals surface area contributed by atoms with Gasteiger partial charge in [-0.15, -0.1) is 0 Å². The zero-order chi connectivity index (χ0) is 46.2. The van der Waals surface area contributed by atoms with Gasteiger partial charge in [0.15, 0.2) is 23.8 Å². The number of carbonyl (C=O) groups is 7. The fourth-order valence-electron chi connectivity index (χ4n) is 6.10. The van der Waals surface area contributed by atoms with Crippen molar-refractivity contribution in [1.29, 1.82) is 0 Å². The Hall–Kier alpha value is -6.43. The molecule has 25 heteroatoms. The fraction of sp³-hybridized carbons (Fsp3) is 0.694. The molecular weight excluding hydrogens is 797 g/mol. The Morgan fingerprint density at radius 3 is 1.00 bits per heavy atom. The van der Waals surface area contributed by atoms with Crippen molar-refractivity contribution in [3.05, 3.63) is 0 Å². The third kappa shape index (κ3) is 33.1. The first-order valence-corrected chi connectivity index (χ1v) is 20.2. The van der Waals surface area contributed by atoms with Crippen LogP contribution in [-0.4, -0.2) is 122 Å². The summed E-state index contributed by atoms with van der Waals surface area (Å²) >= 11 is 0. The van der Waals surface area contributed by atoms with Crippen molar-refractivity contribution in [2.24, 2.45) is 71.6 Å². The minimum absolute atomic E-state index is 0.0347. The summed E-state index contributed by atoms with van der Waals surface area (Å²) in [7, 11) is 0. The topological polar surface area (TPSA) is 463 Å². The molecule has 0 saturated heterocycles. The van der Waals surface area contributed by atoms with Gasteiger partial charge in [0, 0.05) is 102 Å². The molecule has 61 heavy (non-hydrogen) atoms. The minimum atomic E-state index is -0.835. The molecule has 5 unspecified atom stereocenters. The third-order valence-electron chi connectivity index (χ3n) is 8.74. The normalized spacial score (nSPS) is 13.0. The lowest BCUT2D eigenvalue weighted by Crippen LogP contribution is -2.46. The van der Waals surface area contributed by atoms with Gasteiger partial charge in [-0.05, 0) is 57.8 Å². The second kappa shape index (κ2) is 32.4. The molecule has 0 saturated carbocycles. The molecule has 0 aromatic carbocycles. The van der Waals surface area contributed by atoms with Crippen molar-refractivity contribution >= 4 is 65.6 Å². The number of hydrogen-bond donors (Lipinski definition) is 14. The molecule has 0 aliphatic heterocycles. The number of amides is 6. The number of aldehydes is 1. The molecule has 0 aliphatic carbocycles. The highest BCUT2D eigenvalue weighted by Crippen LogP contribution is 2.11. The molecule has 0 spiro atoms. The van der Waals surface area contributed by atoms with E-state index < -0.39 is 59.7 Å². The van der Waals surface area contributed by atoms with Gasteiger partial charge >= 0.3 is 0 Å². The number of hydrogen-bond acceptors (Lipinski definition) is 11. The van der Waals surface area contributed by atoms with E-state index >= 15 is 0 Å². The lowest BCUT2D eigenvalue weighted by atomic mass is 10.0. The van der Waals surface area contributed by atoms with Gasteiger partial charge in [-0.1, -0.05) is 0 Å².